The first-order valence-electron chi connectivity index (χ1n) is 21.8. The van der Waals surface area contributed by atoms with E-state index in [9.17, 15) is 0 Å². The quantitative estimate of drug-likeness (QED) is 0.150. The third kappa shape index (κ3) is 5.86. The summed E-state index contributed by atoms with van der Waals surface area (Å²) in [6, 6.07) is 71.4. The molecule has 5 heterocycles. The van der Waals surface area contributed by atoms with E-state index in [0.29, 0.717) is 0 Å². The standard InChI is InChI=1S/C59H38N5/c1-2-11-40(12-3-1)52-37-55(61-54-17-9-35-60-57(52)54)42-25-31-47(32-26-42)63(45-27-21-39(22-28-45)44-20-19-38-10-4-5-13-43(38)36-44)46-29-23-41(24-30-46)53-34-33-51-50-16-8-15-49-48-14-6-7-18-56(48)64(58(49)50)59(51)62-53/h1-37,49H/q+1. The molecule has 3 aromatic heterocycles. The molecule has 10 aromatic rings. The number of para-hydroxylation sites is 1. The zero-order valence-corrected chi connectivity index (χ0v) is 34.7. The number of aromatic nitrogens is 3. The highest BCUT2D eigenvalue weighted by Crippen LogP contribution is 2.50. The molecule has 2 aliphatic heterocycles. The lowest BCUT2D eigenvalue weighted by molar-refractivity contribution is 1.05. The van der Waals surface area contributed by atoms with Crippen LogP contribution in [0.5, 0.6) is 0 Å². The van der Waals surface area contributed by atoms with E-state index < -0.39 is 0 Å². The first-order valence-corrected chi connectivity index (χ1v) is 21.8. The van der Waals surface area contributed by atoms with Crippen molar-refractivity contribution in [3.63, 3.8) is 0 Å². The van der Waals surface area contributed by atoms with Crippen LogP contribution in [0.4, 0.5) is 28.6 Å². The van der Waals surface area contributed by atoms with E-state index in [1.165, 1.54) is 50.0 Å². The molecular formula is C59H38N5+. The van der Waals surface area contributed by atoms with Crippen molar-refractivity contribution in [2.24, 2.45) is 0 Å². The molecule has 0 radical (unpaired) electrons. The number of hydrogen-bond acceptors (Lipinski definition) is 4. The van der Waals surface area contributed by atoms with Gasteiger partial charge in [-0.25, -0.2) is 4.98 Å². The number of benzene rings is 7. The van der Waals surface area contributed by atoms with E-state index in [1.807, 2.05) is 24.4 Å². The molecule has 0 spiro atoms. The molecular weight excluding hydrogens is 779 g/mol. The lowest BCUT2D eigenvalue weighted by Crippen LogP contribution is -2.13. The number of fused-ring (bicyclic) bond motifs is 8. The zero-order valence-electron chi connectivity index (χ0n) is 34.7. The van der Waals surface area contributed by atoms with Gasteiger partial charge in [0.1, 0.15) is 11.4 Å². The minimum Gasteiger partial charge on any atom is -0.311 e. The Hall–Kier alpha value is -8.54. The van der Waals surface area contributed by atoms with Gasteiger partial charge >= 0.3 is 5.82 Å². The highest BCUT2D eigenvalue weighted by Gasteiger charge is 2.46. The van der Waals surface area contributed by atoms with Crippen LogP contribution in [0.15, 0.2) is 225 Å². The smallest absolute Gasteiger partial charge is 0.311 e. The van der Waals surface area contributed by atoms with Crippen LogP contribution in [0, 0.1) is 0 Å². The van der Waals surface area contributed by atoms with Gasteiger partial charge in [-0.15, -0.1) is 0 Å². The first kappa shape index (κ1) is 36.1. The summed E-state index contributed by atoms with van der Waals surface area (Å²) in [6.45, 7) is 0. The monoisotopic (exact) mass is 816 g/mol. The topological polar surface area (TPSA) is 44.9 Å². The predicted octanol–water partition coefficient (Wildman–Crippen LogP) is 14.7. The third-order valence-corrected chi connectivity index (χ3v) is 13.0. The lowest BCUT2D eigenvalue weighted by Gasteiger charge is -2.26. The molecule has 0 amide bonds. The molecule has 3 aliphatic rings. The molecule has 0 saturated heterocycles. The minimum atomic E-state index is 0.253. The number of anilines is 3. The molecule has 298 valence electrons. The van der Waals surface area contributed by atoms with Gasteiger partial charge in [0.15, 0.2) is 5.69 Å². The molecule has 0 fully saturated rings. The van der Waals surface area contributed by atoms with Gasteiger partial charge in [-0.2, -0.15) is 4.58 Å². The summed E-state index contributed by atoms with van der Waals surface area (Å²) in [5, 5.41) is 2.47. The molecule has 0 N–H and O–H groups in total. The van der Waals surface area contributed by atoms with Crippen molar-refractivity contribution < 1.29 is 0 Å². The van der Waals surface area contributed by atoms with E-state index >= 15 is 0 Å². The second-order valence-electron chi connectivity index (χ2n) is 16.6. The Labute approximate surface area is 371 Å². The lowest BCUT2D eigenvalue weighted by atomic mass is 9.86. The Balaban J connectivity index is 0.878. The molecule has 0 bridgehead atoms. The fourth-order valence-electron chi connectivity index (χ4n) is 9.88. The van der Waals surface area contributed by atoms with Gasteiger partial charge in [-0.1, -0.05) is 127 Å². The van der Waals surface area contributed by atoms with Gasteiger partial charge in [0, 0.05) is 51.1 Å². The van der Waals surface area contributed by atoms with Crippen LogP contribution in [0.3, 0.4) is 0 Å². The number of hydrogen-bond donors (Lipinski definition) is 0. The Bertz CT molecular complexity index is 3590. The van der Waals surface area contributed by atoms with Crippen molar-refractivity contribution in [1.82, 2.24) is 19.5 Å². The fourth-order valence-corrected chi connectivity index (χ4v) is 9.88. The molecule has 1 atom stereocenters. The number of rotatable bonds is 7. The highest BCUT2D eigenvalue weighted by molar-refractivity contribution is 6.35. The van der Waals surface area contributed by atoms with Crippen LogP contribution in [0.2, 0.25) is 0 Å². The largest absolute Gasteiger partial charge is 0.337 e. The van der Waals surface area contributed by atoms with Crippen molar-refractivity contribution in [2.75, 3.05) is 4.90 Å². The first-order chi connectivity index (χ1) is 31.7. The molecule has 13 rings (SSSR count). The number of allylic oxidation sites excluding steroid dienone is 4. The summed E-state index contributed by atoms with van der Waals surface area (Å²) in [5.74, 6) is 1.26. The van der Waals surface area contributed by atoms with Crippen LogP contribution in [-0.4, -0.2) is 20.7 Å². The fraction of sp³-hybridized carbons (Fsp3) is 0.0169. The van der Waals surface area contributed by atoms with E-state index in [4.69, 9.17) is 15.0 Å². The van der Waals surface area contributed by atoms with Crippen LogP contribution in [0.25, 0.3) is 72.1 Å². The Kier molecular flexibility index (Phi) is 8.21. The van der Waals surface area contributed by atoms with Crippen molar-refractivity contribution >= 4 is 61.7 Å². The van der Waals surface area contributed by atoms with Crippen molar-refractivity contribution in [3.05, 3.63) is 236 Å². The summed E-state index contributed by atoms with van der Waals surface area (Å²) in [5.41, 5.74) is 19.7. The van der Waals surface area contributed by atoms with E-state index in [1.54, 1.807) is 0 Å². The normalized spacial score (nSPS) is 14.4. The second-order valence-corrected chi connectivity index (χ2v) is 16.6. The van der Waals surface area contributed by atoms with Crippen LogP contribution in [0.1, 0.15) is 17.0 Å². The predicted molar refractivity (Wildman–Crippen MR) is 264 cm³/mol. The Morgan fingerprint density at radius 1 is 0.469 bits per heavy atom. The van der Waals surface area contributed by atoms with Gasteiger partial charge in [-0.3, -0.25) is 4.98 Å². The van der Waals surface area contributed by atoms with E-state index in [2.05, 4.69) is 210 Å². The van der Waals surface area contributed by atoms with Crippen molar-refractivity contribution in [1.29, 1.82) is 0 Å². The van der Waals surface area contributed by atoms with Gasteiger partial charge in [0.25, 0.3) is 0 Å². The van der Waals surface area contributed by atoms with Crippen molar-refractivity contribution in [3.8, 4) is 44.8 Å². The highest BCUT2D eigenvalue weighted by atomic mass is 15.2. The van der Waals surface area contributed by atoms with Gasteiger partial charge in [0.2, 0.25) is 0 Å². The number of nitrogens with zero attached hydrogens (tertiary/aromatic N) is 5. The second kappa shape index (κ2) is 14.5. The minimum absolute atomic E-state index is 0.253. The molecule has 1 unspecified atom stereocenters. The molecule has 64 heavy (non-hydrogen) atoms. The van der Waals surface area contributed by atoms with Gasteiger partial charge in [0.05, 0.1) is 28.2 Å². The average molecular weight is 817 g/mol. The summed E-state index contributed by atoms with van der Waals surface area (Å²) in [4.78, 5) is 17.5. The van der Waals surface area contributed by atoms with Crippen LogP contribution in [-0.2, 0) is 0 Å². The van der Waals surface area contributed by atoms with Gasteiger partial charge < -0.3 is 4.90 Å². The van der Waals surface area contributed by atoms with Crippen LogP contribution >= 0.6 is 0 Å². The maximum atomic E-state index is 5.37. The molecule has 7 aromatic carbocycles. The van der Waals surface area contributed by atoms with Crippen molar-refractivity contribution in [2.45, 2.75) is 5.92 Å². The molecule has 1 aliphatic carbocycles. The summed E-state index contributed by atoms with van der Waals surface area (Å²) in [7, 11) is 0. The van der Waals surface area contributed by atoms with E-state index in [0.717, 1.165) is 67.6 Å². The molecule has 5 nitrogen and oxygen atoms in total. The SMILES string of the molecule is C1=CC2C3=[N+](c4ccccc42)c2nc(-c4ccc(N(c5ccc(-c6ccc7ccccc7c6)cc5)c5ccc(-c6cc(-c7ccccc7)c7ncccc7n6)cc5)cc4)ccc2C3=C1. The van der Waals surface area contributed by atoms with E-state index in [-0.39, 0.29) is 5.92 Å². The number of pyridine rings is 3. The van der Waals surface area contributed by atoms with Crippen LogP contribution < -0.4 is 9.48 Å². The zero-order chi connectivity index (χ0) is 42.1. The maximum Gasteiger partial charge on any atom is 0.337 e. The maximum absolute atomic E-state index is 5.37. The summed E-state index contributed by atoms with van der Waals surface area (Å²) < 4.78 is 2.38. The van der Waals surface area contributed by atoms with Gasteiger partial charge in [-0.05, 0) is 123 Å². The average Bonchev–Trinajstić information content (AvgIpc) is 3.89. The molecule has 5 heteroatoms. The Morgan fingerprint density at radius 2 is 1.14 bits per heavy atom. The molecule has 0 saturated carbocycles. The third-order valence-electron chi connectivity index (χ3n) is 13.0. The Morgan fingerprint density at radius 3 is 1.92 bits per heavy atom. The summed E-state index contributed by atoms with van der Waals surface area (Å²) in [6.07, 6.45) is 8.57. The summed E-state index contributed by atoms with van der Waals surface area (Å²) >= 11 is 0.